The van der Waals surface area contributed by atoms with Crippen LogP contribution < -0.4 is 4.84 Å². The molecule has 0 saturated heterocycles. The van der Waals surface area contributed by atoms with Crippen LogP contribution in [0.15, 0.2) is 18.5 Å². The van der Waals surface area contributed by atoms with Crippen LogP contribution in [0.3, 0.4) is 0 Å². The van der Waals surface area contributed by atoms with Gasteiger partial charge in [-0.05, 0) is 37.1 Å². The van der Waals surface area contributed by atoms with Crippen LogP contribution in [0.25, 0.3) is 11.0 Å². The van der Waals surface area contributed by atoms with Crippen molar-refractivity contribution in [3.63, 3.8) is 0 Å². The second-order valence-electron chi connectivity index (χ2n) is 3.18. The molecule has 0 aliphatic heterocycles. The van der Waals surface area contributed by atoms with Crippen molar-refractivity contribution in [1.82, 2.24) is 9.71 Å². The Hall–Kier alpha value is -1.51. The Kier molecular flexibility index (Phi) is 1.72. The zero-order valence-electron chi connectivity index (χ0n) is 8.03. The molecule has 0 bridgehead atoms. The molecule has 0 radical (unpaired) electrons. The van der Waals surface area contributed by atoms with Crippen molar-refractivity contribution < 1.29 is 4.84 Å². The summed E-state index contributed by atoms with van der Waals surface area (Å²) in [7, 11) is 1.64. The van der Waals surface area contributed by atoms with E-state index in [9.17, 15) is 0 Å². The molecule has 1 heterocycles. The van der Waals surface area contributed by atoms with Crippen LogP contribution in [0.1, 0.15) is 11.1 Å². The van der Waals surface area contributed by atoms with Gasteiger partial charge < -0.3 is 4.84 Å². The maximum atomic E-state index is 5.12. The van der Waals surface area contributed by atoms with Gasteiger partial charge in [0.25, 0.3) is 0 Å². The molecule has 3 nitrogen and oxygen atoms in total. The molecular formula is C10H12N2O. The van der Waals surface area contributed by atoms with Crippen molar-refractivity contribution in [2.24, 2.45) is 0 Å². The Bertz CT molecular complexity index is 445. The lowest BCUT2D eigenvalue weighted by Crippen LogP contribution is -2.03. The molecule has 0 amide bonds. The molecule has 0 fully saturated rings. The molecule has 0 spiro atoms. The van der Waals surface area contributed by atoms with E-state index in [1.54, 1.807) is 18.2 Å². The molecule has 0 atom stereocenters. The van der Waals surface area contributed by atoms with E-state index in [1.165, 1.54) is 11.1 Å². The number of benzene rings is 1. The molecule has 68 valence electrons. The van der Waals surface area contributed by atoms with Crippen LogP contribution in [0.5, 0.6) is 0 Å². The first-order valence-corrected chi connectivity index (χ1v) is 4.21. The summed E-state index contributed by atoms with van der Waals surface area (Å²) < 4.78 is 1.67. The van der Waals surface area contributed by atoms with Gasteiger partial charge in [-0.2, -0.15) is 4.73 Å². The Morgan fingerprint density at radius 3 is 2.62 bits per heavy atom. The van der Waals surface area contributed by atoms with Gasteiger partial charge in [0.05, 0.1) is 5.52 Å². The van der Waals surface area contributed by atoms with Gasteiger partial charge in [-0.25, -0.2) is 4.98 Å². The lowest BCUT2D eigenvalue weighted by molar-refractivity contribution is 0.177. The minimum Gasteiger partial charge on any atom is -0.416 e. The van der Waals surface area contributed by atoms with Crippen LogP contribution in [0.4, 0.5) is 0 Å². The van der Waals surface area contributed by atoms with Gasteiger partial charge in [-0.3, -0.25) is 0 Å². The summed E-state index contributed by atoms with van der Waals surface area (Å²) in [6.45, 7) is 4.17. The maximum absolute atomic E-state index is 5.12. The third-order valence-electron chi connectivity index (χ3n) is 2.33. The molecule has 1 aromatic heterocycles. The highest BCUT2D eigenvalue weighted by Crippen LogP contribution is 2.17. The maximum Gasteiger partial charge on any atom is 0.133 e. The number of imidazole rings is 1. The van der Waals surface area contributed by atoms with Crippen LogP contribution in [-0.4, -0.2) is 16.8 Å². The highest BCUT2D eigenvalue weighted by Gasteiger charge is 2.03. The van der Waals surface area contributed by atoms with Crippen molar-refractivity contribution in [3.8, 4) is 0 Å². The first-order valence-electron chi connectivity index (χ1n) is 4.21. The third kappa shape index (κ3) is 1.16. The van der Waals surface area contributed by atoms with E-state index in [0.29, 0.717) is 0 Å². The SMILES string of the molecule is COn1cnc2cc(C)c(C)cc21. The first-order chi connectivity index (χ1) is 6.22. The number of hydrogen-bond acceptors (Lipinski definition) is 2. The van der Waals surface area contributed by atoms with Gasteiger partial charge in [-0.1, -0.05) is 0 Å². The van der Waals surface area contributed by atoms with Crippen LogP contribution in [-0.2, 0) is 0 Å². The highest BCUT2D eigenvalue weighted by atomic mass is 16.6. The van der Waals surface area contributed by atoms with Gasteiger partial charge in [0, 0.05) is 0 Å². The standard InChI is InChI=1S/C10H12N2O/c1-7-4-9-10(5-8(7)2)12(13-3)6-11-9/h4-6H,1-3H3. The Morgan fingerprint density at radius 1 is 1.23 bits per heavy atom. The molecule has 13 heavy (non-hydrogen) atoms. The highest BCUT2D eigenvalue weighted by molar-refractivity contribution is 5.76. The number of hydrogen-bond donors (Lipinski definition) is 0. The zero-order chi connectivity index (χ0) is 9.42. The zero-order valence-corrected chi connectivity index (χ0v) is 8.03. The van der Waals surface area contributed by atoms with E-state index in [4.69, 9.17) is 4.84 Å². The molecule has 1 aromatic carbocycles. The smallest absolute Gasteiger partial charge is 0.133 e. The summed E-state index contributed by atoms with van der Waals surface area (Å²) in [5, 5.41) is 0. The number of nitrogens with zero attached hydrogens (tertiary/aromatic N) is 2. The molecule has 0 aliphatic rings. The molecule has 3 heteroatoms. The fraction of sp³-hybridized carbons (Fsp3) is 0.300. The van der Waals surface area contributed by atoms with E-state index in [-0.39, 0.29) is 0 Å². The molecule has 0 saturated carbocycles. The minimum absolute atomic E-state index is 0.977. The van der Waals surface area contributed by atoms with E-state index < -0.39 is 0 Å². The van der Waals surface area contributed by atoms with Crippen LogP contribution >= 0.6 is 0 Å². The Morgan fingerprint density at radius 2 is 1.92 bits per heavy atom. The van der Waals surface area contributed by atoms with Crippen molar-refractivity contribution in [3.05, 3.63) is 29.6 Å². The summed E-state index contributed by atoms with van der Waals surface area (Å²) in [4.78, 5) is 9.35. The fourth-order valence-corrected chi connectivity index (χ4v) is 1.39. The normalized spacial score (nSPS) is 10.7. The van der Waals surface area contributed by atoms with E-state index in [1.807, 2.05) is 0 Å². The number of aromatic nitrogens is 2. The van der Waals surface area contributed by atoms with Crippen LogP contribution in [0, 0.1) is 13.8 Å². The average Bonchev–Trinajstić information content (AvgIpc) is 2.48. The summed E-state index contributed by atoms with van der Waals surface area (Å²) in [5.74, 6) is 0. The molecule has 0 unspecified atom stereocenters. The molecule has 0 aliphatic carbocycles. The largest absolute Gasteiger partial charge is 0.416 e. The van der Waals surface area contributed by atoms with Crippen molar-refractivity contribution in [2.45, 2.75) is 13.8 Å². The van der Waals surface area contributed by atoms with Gasteiger partial charge in [0.1, 0.15) is 19.0 Å². The molecular weight excluding hydrogens is 164 g/mol. The quantitative estimate of drug-likeness (QED) is 0.661. The van der Waals surface area contributed by atoms with Crippen LogP contribution in [0.2, 0.25) is 0 Å². The number of fused-ring (bicyclic) bond motifs is 1. The summed E-state index contributed by atoms with van der Waals surface area (Å²) >= 11 is 0. The van der Waals surface area contributed by atoms with Crippen molar-refractivity contribution >= 4 is 11.0 Å². The van der Waals surface area contributed by atoms with E-state index in [2.05, 4.69) is 31.0 Å². The van der Waals surface area contributed by atoms with Crippen molar-refractivity contribution in [2.75, 3.05) is 7.11 Å². The monoisotopic (exact) mass is 176 g/mol. The lowest BCUT2D eigenvalue weighted by Gasteiger charge is -2.02. The van der Waals surface area contributed by atoms with Gasteiger partial charge >= 0.3 is 0 Å². The topological polar surface area (TPSA) is 27.1 Å². The van der Waals surface area contributed by atoms with E-state index in [0.717, 1.165) is 11.0 Å². The summed E-state index contributed by atoms with van der Waals surface area (Å²) in [6, 6.07) is 4.15. The van der Waals surface area contributed by atoms with Gasteiger partial charge in [0.15, 0.2) is 0 Å². The summed E-state index contributed by atoms with van der Waals surface area (Å²) in [5.41, 5.74) is 4.51. The Labute approximate surface area is 76.9 Å². The fourth-order valence-electron chi connectivity index (χ4n) is 1.39. The molecule has 2 aromatic rings. The lowest BCUT2D eigenvalue weighted by atomic mass is 10.1. The van der Waals surface area contributed by atoms with E-state index >= 15 is 0 Å². The predicted molar refractivity (Wildman–Crippen MR) is 51.7 cm³/mol. The average molecular weight is 176 g/mol. The van der Waals surface area contributed by atoms with Gasteiger partial charge in [0.2, 0.25) is 0 Å². The molecule has 0 N–H and O–H groups in total. The third-order valence-corrected chi connectivity index (χ3v) is 2.33. The number of rotatable bonds is 1. The first kappa shape index (κ1) is 8.10. The van der Waals surface area contributed by atoms with Gasteiger partial charge in [-0.15, -0.1) is 0 Å². The minimum atomic E-state index is 0.977. The second kappa shape index (κ2) is 2.76. The second-order valence-corrected chi connectivity index (χ2v) is 3.18. The Balaban J connectivity index is 2.77. The van der Waals surface area contributed by atoms with Crippen molar-refractivity contribution in [1.29, 1.82) is 0 Å². The predicted octanol–water partition coefficient (Wildman–Crippen LogP) is 1.71. The summed E-state index contributed by atoms with van der Waals surface area (Å²) in [6.07, 6.45) is 1.68. The molecule has 2 rings (SSSR count). The number of aryl methyl sites for hydroxylation is 2.